The van der Waals surface area contributed by atoms with Crippen molar-refractivity contribution >= 4 is 35.8 Å². The molecule has 3 rings (SSSR count). The van der Waals surface area contributed by atoms with Crippen molar-refractivity contribution < 1.29 is 4.74 Å². The number of hydrogen-bond acceptors (Lipinski definition) is 4. The fourth-order valence-electron chi connectivity index (χ4n) is 3.76. The van der Waals surface area contributed by atoms with E-state index in [1.165, 1.54) is 25.7 Å². The number of rotatable bonds is 6. The highest BCUT2D eigenvalue weighted by Gasteiger charge is 2.29. The Balaban J connectivity index is 0.00000280. The summed E-state index contributed by atoms with van der Waals surface area (Å²) in [6.07, 6.45) is 9.43. The Labute approximate surface area is 186 Å². The Kier molecular flexibility index (Phi) is 9.77. The molecule has 2 aliphatic rings. The van der Waals surface area contributed by atoms with E-state index in [0.29, 0.717) is 6.54 Å². The number of nitrogens with zero attached hydrogens (tertiary/aromatic N) is 3. The molecule has 1 atom stereocenters. The Morgan fingerprint density at radius 1 is 1.18 bits per heavy atom. The molecule has 0 spiro atoms. The van der Waals surface area contributed by atoms with Crippen LogP contribution in [0.4, 0.5) is 5.82 Å². The zero-order valence-corrected chi connectivity index (χ0v) is 19.7. The van der Waals surface area contributed by atoms with Crippen LogP contribution in [0.3, 0.4) is 0 Å². The molecule has 0 aliphatic carbocycles. The third kappa shape index (κ3) is 7.06. The summed E-state index contributed by atoms with van der Waals surface area (Å²) in [5.41, 5.74) is 1.06. The maximum absolute atomic E-state index is 5.85. The lowest BCUT2D eigenvalue weighted by molar-refractivity contribution is 0.0243. The molecule has 0 radical (unpaired) electrons. The number of aliphatic imine (C=N–C) groups is 1. The van der Waals surface area contributed by atoms with Crippen molar-refractivity contribution in [2.45, 2.75) is 64.5 Å². The predicted octanol–water partition coefficient (Wildman–Crippen LogP) is 3.70. The van der Waals surface area contributed by atoms with E-state index >= 15 is 0 Å². The third-order valence-corrected chi connectivity index (χ3v) is 5.43. The number of halogens is 1. The second-order valence-corrected chi connectivity index (χ2v) is 7.88. The van der Waals surface area contributed by atoms with Crippen molar-refractivity contribution in [1.82, 2.24) is 15.6 Å². The maximum Gasteiger partial charge on any atom is 0.191 e. The highest BCUT2D eigenvalue weighted by atomic mass is 127. The molecule has 0 bridgehead atoms. The molecule has 2 saturated heterocycles. The van der Waals surface area contributed by atoms with Gasteiger partial charge in [0, 0.05) is 39.0 Å². The van der Waals surface area contributed by atoms with E-state index in [-0.39, 0.29) is 29.6 Å². The molecular formula is C21H36IN5O. The highest BCUT2D eigenvalue weighted by Crippen LogP contribution is 2.23. The number of nitrogens with one attached hydrogen (secondary N) is 2. The molecule has 28 heavy (non-hydrogen) atoms. The van der Waals surface area contributed by atoms with Crippen LogP contribution in [0.25, 0.3) is 0 Å². The van der Waals surface area contributed by atoms with Crippen LogP contribution < -0.4 is 15.5 Å². The molecule has 1 unspecified atom stereocenters. The van der Waals surface area contributed by atoms with Gasteiger partial charge in [0.2, 0.25) is 0 Å². The predicted molar refractivity (Wildman–Crippen MR) is 127 cm³/mol. The van der Waals surface area contributed by atoms with Crippen molar-refractivity contribution in [2.75, 3.05) is 37.7 Å². The van der Waals surface area contributed by atoms with E-state index in [0.717, 1.165) is 63.0 Å². The van der Waals surface area contributed by atoms with Gasteiger partial charge in [0.15, 0.2) is 5.96 Å². The quantitative estimate of drug-likeness (QED) is 0.354. The minimum absolute atomic E-state index is 0. The van der Waals surface area contributed by atoms with Gasteiger partial charge in [0.25, 0.3) is 0 Å². The highest BCUT2D eigenvalue weighted by molar-refractivity contribution is 14.0. The topological polar surface area (TPSA) is 61.8 Å². The summed E-state index contributed by atoms with van der Waals surface area (Å²) in [6.45, 7) is 9.62. The molecule has 0 aromatic carbocycles. The molecule has 2 fully saturated rings. The van der Waals surface area contributed by atoms with Gasteiger partial charge in [-0.3, -0.25) is 0 Å². The molecule has 2 aliphatic heterocycles. The summed E-state index contributed by atoms with van der Waals surface area (Å²) in [5.74, 6) is 1.94. The van der Waals surface area contributed by atoms with Crippen LogP contribution in [0.2, 0.25) is 0 Å². The molecule has 2 N–H and O–H groups in total. The summed E-state index contributed by atoms with van der Waals surface area (Å²) in [5, 5.41) is 6.75. The Bertz CT molecular complexity index is 593. The van der Waals surface area contributed by atoms with Crippen LogP contribution in [0.5, 0.6) is 0 Å². The third-order valence-electron chi connectivity index (χ3n) is 5.43. The lowest BCUT2D eigenvalue weighted by Crippen LogP contribution is -2.45. The molecule has 1 aromatic heterocycles. The van der Waals surface area contributed by atoms with Gasteiger partial charge in [-0.25, -0.2) is 9.98 Å². The molecule has 3 heterocycles. The van der Waals surface area contributed by atoms with Crippen LogP contribution in [-0.2, 0) is 11.3 Å². The van der Waals surface area contributed by atoms with E-state index < -0.39 is 0 Å². The summed E-state index contributed by atoms with van der Waals surface area (Å²) >= 11 is 0. The summed E-state index contributed by atoms with van der Waals surface area (Å²) in [7, 11) is 0. The first kappa shape index (κ1) is 23.2. The molecule has 7 heteroatoms. The van der Waals surface area contributed by atoms with Gasteiger partial charge in [0.05, 0.1) is 12.1 Å². The minimum atomic E-state index is -0.0768. The van der Waals surface area contributed by atoms with E-state index in [2.05, 4.69) is 46.5 Å². The van der Waals surface area contributed by atoms with Crippen LogP contribution in [-0.4, -0.2) is 49.3 Å². The standard InChI is InChI=1S/C21H35N5O.HI/c1-3-22-20(25-17-21(2)11-8-14-27-21)24-16-18-9-10-19(23-15-18)26-12-6-4-5-7-13-26;/h9-10,15H,3-8,11-14,16-17H2,1-2H3,(H2,22,24,25);1H. The second-order valence-electron chi connectivity index (χ2n) is 7.88. The minimum Gasteiger partial charge on any atom is -0.373 e. The zero-order valence-electron chi connectivity index (χ0n) is 17.4. The second kappa shape index (κ2) is 11.8. The number of anilines is 1. The van der Waals surface area contributed by atoms with Crippen molar-refractivity contribution in [1.29, 1.82) is 0 Å². The van der Waals surface area contributed by atoms with Crippen LogP contribution in [0, 0.1) is 0 Å². The average Bonchev–Trinajstić information content (AvgIpc) is 2.94. The van der Waals surface area contributed by atoms with Crippen LogP contribution in [0.15, 0.2) is 23.3 Å². The lowest BCUT2D eigenvalue weighted by atomic mass is 10.0. The molecule has 1 aromatic rings. The van der Waals surface area contributed by atoms with Gasteiger partial charge < -0.3 is 20.3 Å². The smallest absolute Gasteiger partial charge is 0.191 e. The van der Waals surface area contributed by atoms with Gasteiger partial charge in [0.1, 0.15) is 5.82 Å². The largest absolute Gasteiger partial charge is 0.373 e. The van der Waals surface area contributed by atoms with Gasteiger partial charge >= 0.3 is 0 Å². The Morgan fingerprint density at radius 3 is 2.57 bits per heavy atom. The van der Waals surface area contributed by atoms with Crippen LogP contribution >= 0.6 is 24.0 Å². The normalized spacial score (nSPS) is 23.1. The van der Waals surface area contributed by atoms with E-state index in [4.69, 9.17) is 9.73 Å². The molecular weight excluding hydrogens is 465 g/mol. The Hall–Kier alpha value is -1.09. The first-order chi connectivity index (χ1) is 13.2. The SMILES string of the molecule is CCNC(=NCc1ccc(N2CCCCCC2)nc1)NCC1(C)CCCO1.I. The summed E-state index contributed by atoms with van der Waals surface area (Å²) in [6, 6.07) is 4.30. The van der Waals surface area contributed by atoms with Crippen molar-refractivity contribution in [2.24, 2.45) is 4.99 Å². The molecule has 6 nitrogen and oxygen atoms in total. The van der Waals surface area contributed by atoms with Gasteiger partial charge in [-0.05, 0) is 51.2 Å². The van der Waals surface area contributed by atoms with Crippen molar-refractivity contribution in [3.05, 3.63) is 23.9 Å². The average molecular weight is 501 g/mol. The number of pyridine rings is 1. The summed E-state index contributed by atoms with van der Waals surface area (Å²) < 4.78 is 5.85. The Morgan fingerprint density at radius 2 is 1.96 bits per heavy atom. The number of aromatic nitrogens is 1. The van der Waals surface area contributed by atoms with Gasteiger partial charge in [-0.1, -0.05) is 18.9 Å². The molecule has 0 amide bonds. The van der Waals surface area contributed by atoms with E-state index in [9.17, 15) is 0 Å². The van der Waals surface area contributed by atoms with Gasteiger partial charge in [-0.15, -0.1) is 24.0 Å². The number of hydrogen-bond donors (Lipinski definition) is 2. The maximum atomic E-state index is 5.85. The number of guanidine groups is 1. The molecule has 158 valence electrons. The van der Waals surface area contributed by atoms with Crippen molar-refractivity contribution in [3.8, 4) is 0 Å². The zero-order chi connectivity index (χ0) is 19.0. The fourth-order valence-corrected chi connectivity index (χ4v) is 3.76. The van der Waals surface area contributed by atoms with E-state index in [1.54, 1.807) is 0 Å². The van der Waals surface area contributed by atoms with Crippen molar-refractivity contribution in [3.63, 3.8) is 0 Å². The van der Waals surface area contributed by atoms with Gasteiger partial charge in [-0.2, -0.15) is 0 Å². The molecule has 0 saturated carbocycles. The lowest BCUT2D eigenvalue weighted by Gasteiger charge is -2.24. The first-order valence-electron chi connectivity index (χ1n) is 10.5. The number of ether oxygens (including phenoxy) is 1. The summed E-state index contributed by atoms with van der Waals surface area (Å²) in [4.78, 5) is 11.8. The first-order valence-corrected chi connectivity index (χ1v) is 10.5. The fraction of sp³-hybridized carbons (Fsp3) is 0.714. The van der Waals surface area contributed by atoms with E-state index in [1.807, 2.05) is 6.20 Å². The monoisotopic (exact) mass is 501 g/mol. The van der Waals surface area contributed by atoms with Crippen LogP contribution in [0.1, 0.15) is 57.9 Å².